The number of imidazole rings is 1. The number of rotatable bonds is 6. The Morgan fingerprint density at radius 2 is 1.76 bits per heavy atom. The Balaban J connectivity index is 1.20. The Morgan fingerprint density at radius 1 is 1.00 bits per heavy atom. The molecule has 0 amide bonds. The van der Waals surface area contributed by atoms with Crippen molar-refractivity contribution in [2.45, 2.75) is 82.0 Å². The van der Waals surface area contributed by atoms with Crippen molar-refractivity contribution in [1.29, 1.82) is 0 Å². The van der Waals surface area contributed by atoms with Crippen LogP contribution in [0, 0.1) is 6.92 Å². The first-order valence-corrected chi connectivity index (χ1v) is 13.3. The van der Waals surface area contributed by atoms with Crippen LogP contribution in [0.1, 0.15) is 67.9 Å². The van der Waals surface area contributed by atoms with Crippen LogP contribution in [0.3, 0.4) is 0 Å². The first kappa shape index (κ1) is 22.3. The first-order chi connectivity index (χ1) is 16.7. The number of nitrogens with one attached hydrogen (secondary N) is 1. The molecule has 2 bridgehead atoms. The smallest absolute Gasteiger partial charge is 0.106 e. The van der Waals surface area contributed by atoms with Gasteiger partial charge < -0.3 is 15.0 Å². The lowest BCUT2D eigenvalue weighted by molar-refractivity contribution is 0.0929. The molecule has 3 aliphatic heterocycles. The lowest BCUT2D eigenvalue weighted by Gasteiger charge is -2.44. The van der Waals surface area contributed by atoms with Crippen LogP contribution in [0.25, 0.3) is 11.0 Å². The van der Waals surface area contributed by atoms with Crippen LogP contribution in [-0.2, 0) is 12.0 Å². The van der Waals surface area contributed by atoms with Gasteiger partial charge in [-0.3, -0.25) is 4.90 Å². The zero-order valence-corrected chi connectivity index (χ0v) is 20.4. The molecule has 3 saturated heterocycles. The Kier molecular flexibility index (Phi) is 5.96. The molecular formula is C29H38N4O. The van der Waals surface area contributed by atoms with Gasteiger partial charge in [0.15, 0.2) is 0 Å². The Morgan fingerprint density at radius 3 is 2.53 bits per heavy atom. The molecule has 3 aromatic rings. The van der Waals surface area contributed by atoms with Gasteiger partial charge in [-0.2, -0.15) is 0 Å². The van der Waals surface area contributed by atoms with Crippen molar-refractivity contribution in [3.8, 4) is 0 Å². The summed E-state index contributed by atoms with van der Waals surface area (Å²) in [5, 5.41) is 13.3. The Labute approximate surface area is 203 Å². The zero-order valence-electron chi connectivity index (χ0n) is 20.4. The minimum absolute atomic E-state index is 0.127. The molecule has 5 heteroatoms. The summed E-state index contributed by atoms with van der Waals surface area (Å²) in [7, 11) is 0. The maximum Gasteiger partial charge on any atom is 0.106 e. The van der Waals surface area contributed by atoms with E-state index >= 15 is 0 Å². The predicted octanol–water partition coefficient (Wildman–Crippen LogP) is 4.72. The minimum Gasteiger partial charge on any atom is -0.392 e. The SMILES string of the molecule is Cc1nc2ccccc2n1C1C[C@H]2CC[C@@H](C1)N2CCC1(c2cccc(CO)c2)CCNCC1. The largest absolute Gasteiger partial charge is 0.392 e. The molecule has 34 heavy (non-hydrogen) atoms. The third-order valence-corrected chi connectivity index (χ3v) is 9.13. The highest BCUT2D eigenvalue weighted by atomic mass is 16.3. The van der Waals surface area contributed by atoms with E-state index in [2.05, 4.69) is 64.2 Å². The van der Waals surface area contributed by atoms with Crippen LogP contribution in [0.5, 0.6) is 0 Å². The fourth-order valence-electron chi connectivity index (χ4n) is 7.38. The van der Waals surface area contributed by atoms with Gasteiger partial charge in [-0.05, 0) is 100 Å². The molecule has 2 aromatic carbocycles. The summed E-state index contributed by atoms with van der Waals surface area (Å²) >= 11 is 0. The van der Waals surface area contributed by atoms with Crippen molar-refractivity contribution in [3.63, 3.8) is 0 Å². The number of aryl methyl sites for hydroxylation is 1. The van der Waals surface area contributed by atoms with E-state index in [1.165, 1.54) is 62.6 Å². The molecule has 0 saturated carbocycles. The van der Waals surface area contributed by atoms with Crippen molar-refractivity contribution < 1.29 is 5.11 Å². The summed E-state index contributed by atoms with van der Waals surface area (Å²) < 4.78 is 2.53. The van der Waals surface area contributed by atoms with Gasteiger partial charge in [-0.25, -0.2) is 4.98 Å². The number of para-hydroxylation sites is 2. The summed E-state index contributed by atoms with van der Waals surface area (Å²) in [6, 6.07) is 19.3. The minimum atomic E-state index is 0.127. The van der Waals surface area contributed by atoms with E-state index in [-0.39, 0.29) is 12.0 Å². The van der Waals surface area contributed by atoms with E-state index in [0.29, 0.717) is 18.1 Å². The maximum atomic E-state index is 9.72. The summed E-state index contributed by atoms with van der Waals surface area (Å²) in [4.78, 5) is 7.72. The third-order valence-electron chi connectivity index (χ3n) is 9.13. The van der Waals surface area contributed by atoms with Gasteiger partial charge in [0.25, 0.3) is 0 Å². The van der Waals surface area contributed by atoms with Gasteiger partial charge in [-0.15, -0.1) is 0 Å². The van der Waals surface area contributed by atoms with Crippen LogP contribution < -0.4 is 5.32 Å². The standard InChI is InChI=1S/C29H38N4O/c1-21-31-27-7-2-3-8-28(27)33(21)26-18-24-9-10-25(19-26)32(24)16-13-29(11-14-30-15-12-29)23-6-4-5-22(17-23)20-34/h2-8,17,24-26,30,34H,9-16,18-20H2,1H3/t24-,25+,26?. The number of hydrogen-bond acceptors (Lipinski definition) is 4. The average molecular weight is 459 g/mol. The van der Waals surface area contributed by atoms with Crippen LogP contribution in [0.4, 0.5) is 0 Å². The number of nitrogens with zero attached hydrogens (tertiary/aromatic N) is 3. The quantitative estimate of drug-likeness (QED) is 0.561. The molecule has 4 heterocycles. The molecule has 5 nitrogen and oxygen atoms in total. The van der Waals surface area contributed by atoms with Crippen molar-refractivity contribution in [2.75, 3.05) is 19.6 Å². The number of piperidine rings is 2. The van der Waals surface area contributed by atoms with Gasteiger partial charge in [0, 0.05) is 18.1 Å². The normalized spacial score (nSPS) is 26.8. The molecular weight excluding hydrogens is 420 g/mol. The molecule has 0 aliphatic carbocycles. The summed E-state index contributed by atoms with van der Waals surface area (Å²) in [6.07, 6.45) is 8.75. The number of aliphatic hydroxyl groups excluding tert-OH is 1. The molecule has 1 unspecified atom stereocenters. The third kappa shape index (κ3) is 3.88. The van der Waals surface area contributed by atoms with E-state index in [1.54, 1.807) is 0 Å². The monoisotopic (exact) mass is 458 g/mol. The summed E-state index contributed by atoms with van der Waals surface area (Å²) in [5.41, 5.74) is 5.13. The molecule has 2 N–H and O–H groups in total. The van der Waals surface area contributed by atoms with Gasteiger partial charge in [0.2, 0.25) is 0 Å². The van der Waals surface area contributed by atoms with E-state index in [0.717, 1.165) is 30.0 Å². The van der Waals surface area contributed by atoms with Crippen molar-refractivity contribution in [3.05, 3.63) is 65.5 Å². The summed E-state index contributed by atoms with van der Waals surface area (Å²) in [6.45, 7) is 5.67. The molecule has 3 fully saturated rings. The van der Waals surface area contributed by atoms with Gasteiger partial charge in [0.05, 0.1) is 17.6 Å². The fourth-order valence-corrected chi connectivity index (χ4v) is 7.38. The second-order valence-electron chi connectivity index (χ2n) is 10.9. The van der Waals surface area contributed by atoms with Crippen molar-refractivity contribution in [1.82, 2.24) is 19.8 Å². The summed E-state index contributed by atoms with van der Waals surface area (Å²) in [5.74, 6) is 1.16. The van der Waals surface area contributed by atoms with Crippen LogP contribution in [0.15, 0.2) is 48.5 Å². The molecule has 3 atom stereocenters. The first-order valence-electron chi connectivity index (χ1n) is 13.3. The molecule has 3 aliphatic rings. The lowest BCUT2D eigenvalue weighted by atomic mass is 9.70. The number of benzene rings is 2. The van der Waals surface area contributed by atoms with E-state index in [4.69, 9.17) is 4.98 Å². The number of aromatic nitrogens is 2. The predicted molar refractivity (Wildman–Crippen MR) is 137 cm³/mol. The highest BCUT2D eigenvalue weighted by Crippen LogP contribution is 2.44. The van der Waals surface area contributed by atoms with Crippen LogP contribution >= 0.6 is 0 Å². The van der Waals surface area contributed by atoms with Gasteiger partial charge in [-0.1, -0.05) is 36.4 Å². The van der Waals surface area contributed by atoms with Crippen molar-refractivity contribution >= 4 is 11.0 Å². The van der Waals surface area contributed by atoms with E-state index in [9.17, 15) is 5.11 Å². The number of hydrogen-bond donors (Lipinski definition) is 2. The van der Waals surface area contributed by atoms with Crippen LogP contribution in [0.2, 0.25) is 0 Å². The van der Waals surface area contributed by atoms with Gasteiger partial charge >= 0.3 is 0 Å². The highest BCUT2D eigenvalue weighted by Gasteiger charge is 2.43. The lowest BCUT2D eigenvalue weighted by Crippen LogP contribution is -2.47. The second kappa shape index (κ2) is 9.10. The average Bonchev–Trinajstić information content (AvgIpc) is 3.34. The number of fused-ring (bicyclic) bond motifs is 3. The Hall–Kier alpha value is -2.21. The molecule has 0 radical (unpaired) electrons. The van der Waals surface area contributed by atoms with Gasteiger partial charge in [0.1, 0.15) is 5.82 Å². The molecule has 1 aromatic heterocycles. The van der Waals surface area contributed by atoms with Crippen molar-refractivity contribution in [2.24, 2.45) is 0 Å². The van der Waals surface area contributed by atoms with Crippen LogP contribution in [-0.4, -0.2) is 51.3 Å². The Bertz CT molecular complexity index is 1130. The highest BCUT2D eigenvalue weighted by molar-refractivity contribution is 5.76. The molecule has 180 valence electrons. The fraction of sp³-hybridized carbons (Fsp3) is 0.552. The zero-order chi connectivity index (χ0) is 23.1. The number of aliphatic hydroxyl groups is 1. The second-order valence-corrected chi connectivity index (χ2v) is 10.9. The topological polar surface area (TPSA) is 53.3 Å². The molecule has 0 spiro atoms. The maximum absolute atomic E-state index is 9.72. The van der Waals surface area contributed by atoms with E-state index < -0.39 is 0 Å². The molecule has 6 rings (SSSR count). The van der Waals surface area contributed by atoms with E-state index in [1.807, 2.05) is 6.07 Å².